The molecular weight excluding hydrogens is 238 g/mol. The van der Waals surface area contributed by atoms with Gasteiger partial charge in [-0.25, -0.2) is 0 Å². The maximum absolute atomic E-state index is 9.20. The van der Waals surface area contributed by atoms with E-state index in [1.807, 2.05) is 14.1 Å². The molecule has 0 aliphatic rings. The van der Waals surface area contributed by atoms with Gasteiger partial charge in [-0.15, -0.1) is 0 Å². The van der Waals surface area contributed by atoms with Gasteiger partial charge >= 0.3 is 0 Å². The van der Waals surface area contributed by atoms with Crippen LogP contribution in [-0.2, 0) is 0 Å². The fraction of sp³-hybridized carbons (Fsp3) is 1.00. The summed E-state index contributed by atoms with van der Waals surface area (Å²) in [6.45, 7) is 0.628. The van der Waals surface area contributed by atoms with E-state index in [0.717, 1.165) is 12.8 Å². The summed E-state index contributed by atoms with van der Waals surface area (Å²) in [5.74, 6) is 0. The van der Waals surface area contributed by atoms with E-state index in [2.05, 4.69) is 4.90 Å². The molecule has 0 heterocycles. The smallest absolute Gasteiger partial charge is 0.0586 e. The van der Waals surface area contributed by atoms with Crippen LogP contribution in [-0.4, -0.2) is 48.5 Å². The second-order valence-electron chi connectivity index (χ2n) is 5.85. The van der Waals surface area contributed by atoms with Gasteiger partial charge in [0.15, 0.2) is 0 Å². The first-order valence-electron chi connectivity index (χ1n) is 8.10. The van der Waals surface area contributed by atoms with Crippen molar-refractivity contribution < 1.29 is 10.2 Å². The molecule has 0 rings (SSSR count). The topological polar surface area (TPSA) is 43.7 Å². The van der Waals surface area contributed by atoms with E-state index < -0.39 is 0 Å². The van der Waals surface area contributed by atoms with Crippen molar-refractivity contribution in [1.82, 2.24) is 4.90 Å². The van der Waals surface area contributed by atoms with Crippen molar-refractivity contribution in [3.8, 4) is 0 Å². The number of aliphatic hydroxyl groups excluding tert-OH is 2. The Bertz CT molecular complexity index is 174. The van der Waals surface area contributed by atoms with Crippen LogP contribution >= 0.6 is 0 Å². The molecule has 1 atom stereocenters. The van der Waals surface area contributed by atoms with Crippen LogP contribution in [0.5, 0.6) is 0 Å². The fourth-order valence-electron chi connectivity index (χ4n) is 2.42. The van der Waals surface area contributed by atoms with Gasteiger partial charge in [0.2, 0.25) is 0 Å². The molecule has 0 saturated carbocycles. The number of likely N-dealkylation sites (N-methyl/N-ethyl adjacent to an activating group) is 1. The molecule has 0 spiro atoms. The molecule has 0 aliphatic carbocycles. The predicted octanol–water partition coefficient (Wildman–Crippen LogP) is 3.19. The summed E-state index contributed by atoms with van der Waals surface area (Å²) in [7, 11) is 4.08. The summed E-state index contributed by atoms with van der Waals surface area (Å²) in [6.07, 6.45) is 13.8. The van der Waals surface area contributed by atoms with Gasteiger partial charge in [-0.1, -0.05) is 57.8 Å². The highest BCUT2D eigenvalue weighted by atomic mass is 16.3. The van der Waals surface area contributed by atoms with Gasteiger partial charge in [-0.05, 0) is 26.9 Å². The Morgan fingerprint density at radius 2 is 1.11 bits per heavy atom. The maximum atomic E-state index is 9.20. The molecule has 2 N–H and O–H groups in total. The third-order valence-corrected chi connectivity index (χ3v) is 3.89. The van der Waals surface area contributed by atoms with Crippen molar-refractivity contribution in [2.24, 2.45) is 0 Å². The second-order valence-corrected chi connectivity index (χ2v) is 5.85. The lowest BCUT2D eigenvalue weighted by molar-refractivity contribution is 0.159. The monoisotopic (exact) mass is 273 g/mol. The first-order chi connectivity index (χ1) is 9.22. The zero-order valence-electron chi connectivity index (χ0n) is 13.1. The number of hydrogen-bond donors (Lipinski definition) is 2. The van der Waals surface area contributed by atoms with Crippen LogP contribution in [0, 0.1) is 0 Å². The van der Waals surface area contributed by atoms with Crippen molar-refractivity contribution >= 4 is 0 Å². The summed E-state index contributed by atoms with van der Waals surface area (Å²) < 4.78 is 0. The molecule has 0 aromatic carbocycles. The summed E-state index contributed by atoms with van der Waals surface area (Å²) in [5, 5.41) is 17.9. The molecule has 0 aliphatic heterocycles. The molecule has 3 heteroatoms. The van der Waals surface area contributed by atoms with Crippen LogP contribution < -0.4 is 0 Å². The molecule has 0 aromatic rings. The SMILES string of the molecule is CN(C)C(CO)CCCCCCCCCCCCO. The highest BCUT2D eigenvalue weighted by Gasteiger charge is 2.08. The summed E-state index contributed by atoms with van der Waals surface area (Å²) in [5.41, 5.74) is 0. The van der Waals surface area contributed by atoms with E-state index in [0.29, 0.717) is 12.6 Å². The molecule has 0 fully saturated rings. The van der Waals surface area contributed by atoms with Crippen LogP contribution in [0.1, 0.15) is 70.6 Å². The van der Waals surface area contributed by atoms with Crippen molar-refractivity contribution in [1.29, 1.82) is 0 Å². The summed E-state index contributed by atoms with van der Waals surface area (Å²) in [4.78, 5) is 2.12. The van der Waals surface area contributed by atoms with Gasteiger partial charge in [0.1, 0.15) is 0 Å². The lowest BCUT2D eigenvalue weighted by Gasteiger charge is -2.21. The first-order valence-corrected chi connectivity index (χ1v) is 8.10. The van der Waals surface area contributed by atoms with Crippen LogP contribution in [0.15, 0.2) is 0 Å². The molecule has 116 valence electrons. The summed E-state index contributed by atoms with van der Waals surface area (Å²) in [6, 6.07) is 0.339. The average Bonchev–Trinajstić information content (AvgIpc) is 2.40. The fourth-order valence-corrected chi connectivity index (χ4v) is 2.42. The number of aliphatic hydroxyl groups is 2. The minimum Gasteiger partial charge on any atom is -0.396 e. The molecule has 1 unspecified atom stereocenters. The number of nitrogens with zero attached hydrogens (tertiary/aromatic N) is 1. The van der Waals surface area contributed by atoms with Crippen molar-refractivity contribution in [3.05, 3.63) is 0 Å². The van der Waals surface area contributed by atoms with E-state index >= 15 is 0 Å². The van der Waals surface area contributed by atoms with Crippen LogP contribution in [0.25, 0.3) is 0 Å². The van der Waals surface area contributed by atoms with Gasteiger partial charge in [0, 0.05) is 12.6 Å². The Labute approximate surface area is 120 Å². The highest BCUT2D eigenvalue weighted by molar-refractivity contribution is 4.64. The second kappa shape index (κ2) is 14.3. The van der Waals surface area contributed by atoms with Gasteiger partial charge < -0.3 is 15.1 Å². The largest absolute Gasteiger partial charge is 0.396 e. The average molecular weight is 273 g/mol. The minimum absolute atomic E-state index is 0.279. The van der Waals surface area contributed by atoms with E-state index in [1.54, 1.807) is 0 Å². The minimum atomic E-state index is 0.279. The van der Waals surface area contributed by atoms with E-state index in [9.17, 15) is 5.11 Å². The van der Waals surface area contributed by atoms with Crippen LogP contribution in [0.3, 0.4) is 0 Å². The Hall–Kier alpha value is -0.120. The molecule has 0 radical (unpaired) electrons. The zero-order valence-corrected chi connectivity index (χ0v) is 13.1. The predicted molar refractivity (Wildman–Crippen MR) is 82.4 cm³/mol. The first kappa shape index (κ1) is 18.9. The quantitative estimate of drug-likeness (QED) is 0.478. The van der Waals surface area contributed by atoms with Crippen LogP contribution in [0.4, 0.5) is 0 Å². The molecule has 0 amide bonds. The van der Waals surface area contributed by atoms with Crippen molar-refractivity contribution in [3.63, 3.8) is 0 Å². The van der Waals surface area contributed by atoms with Gasteiger partial charge in [-0.3, -0.25) is 0 Å². The standard InChI is InChI=1S/C16H35NO2/c1-17(2)16(15-19)13-11-9-7-5-3-4-6-8-10-12-14-18/h16,18-19H,3-15H2,1-2H3. The van der Waals surface area contributed by atoms with Gasteiger partial charge in [0.25, 0.3) is 0 Å². The Balaban J connectivity index is 3.14. The summed E-state index contributed by atoms with van der Waals surface area (Å²) >= 11 is 0. The molecule has 0 saturated heterocycles. The molecule has 0 bridgehead atoms. The zero-order chi connectivity index (χ0) is 14.3. The third kappa shape index (κ3) is 12.6. The Kier molecular flexibility index (Phi) is 14.2. The van der Waals surface area contributed by atoms with Crippen molar-refractivity contribution in [2.45, 2.75) is 76.7 Å². The number of unbranched alkanes of at least 4 members (excludes halogenated alkanes) is 9. The van der Waals surface area contributed by atoms with E-state index in [4.69, 9.17) is 5.11 Å². The van der Waals surface area contributed by atoms with Crippen molar-refractivity contribution in [2.75, 3.05) is 27.3 Å². The van der Waals surface area contributed by atoms with Crippen LogP contribution in [0.2, 0.25) is 0 Å². The normalized spacial score (nSPS) is 13.1. The van der Waals surface area contributed by atoms with Gasteiger partial charge in [-0.2, -0.15) is 0 Å². The molecular formula is C16H35NO2. The molecule has 0 aromatic heterocycles. The molecule has 19 heavy (non-hydrogen) atoms. The van der Waals surface area contributed by atoms with E-state index in [-0.39, 0.29) is 6.61 Å². The Morgan fingerprint density at radius 3 is 1.47 bits per heavy atom. The van der Waals surface area contributed by atoms with E-state index in [1.165, 1.54) is 57.8 Å². The lowest BCUT2D eigenvalue weighted by atomic mass is 10.0. The number of rotatable bonds is 14. The maximum Gasteiger partial charge on any atom is 0.0586 e. The van der Waals surface area contributed by atoms with Gasteiger partial charge in [0.05, 0.1) is 6.61 Å². The Morgan fingerprint density at radius 1 is 0.684 bits per heavy atom. The third-order valence-electron chi connectivity index (χ3n) is 3.89. The lowest BCUT2D eigenvalue weighted by Crippen LogP contribution is -2.31. The number of hydrogen-bond acceptors (Lipinski definition) is 3. The highest BCUT2D eigenvalue weighted by Crippen LogP contribution is 2.12. The molecule has 3 nitrogen and oxygen atoms in total.